The number of aromatic nitrogens is 3. The molecule has 0 bridgehead atoms. The predicted molar refractivity (Wildman–Crippen MR) is 107 cm³/mol. The van der Waals surface area contributed by atoms with E-state index in [-0.39, 0.29) is 0 Å². The standard InChI is InChI=1S/C17H15Cl2N5S/c1-11-3-2-4-14(7-11)21-17(25)22-16-20-10-24(23-16)9-12-5-6-13(18)8-15(12)19/h2-8,10H,9H2,1H3,(H2,21,22,23,25). The van der Waals surface area contributed by atoms with Gasteiger partial charge < -0.3 is 5.32 Å². The van der Waals surface area contributed by atoms with Gasteiger partial charge in [0.1, 0.15) is 6.33 Å². The minimum atomic E-state index is 0.412. The third kappa shape index (κ3) is 4.92. The Bertz CT molecular complexity index is 910. The number of halogens is 2. The highest BCUT2D eigenvalue weighted by Gasteiger charge is 2.07. The van der Waals surface area contributed by atoms with E-state index < -0.39 is 0 Å². The van der Waals surface area contributed by atoms with Crippen LogP contribution < -0.4 is 10.6 Å². The second kappa shape index (κ2) is 7.82. The lowest BCUT2D eigenvalue weighted by atomic mass is 10.2. The van der Waals surface area contributed by atoms with E-state index in [1.807, 2.05) is 37.3 Å². The van der Waals surface area contributed by atoms with Gasteiger partial charge in [-0.25, -0.2) is 9.67 Å². The van der Waals surface area contributed by atoms with E-state index in [2.05, 4.69) is 20.7 Å². The van der Waals surface area contributed by atoms with Gasteiger partial charge in [0.2, 0.25) is 5.95 Å². The number of hydrogen-bond donors (Lipinski definition) is 2. The van der Waals surface area contributed by atoms with Crippen LogP contribution in [0.25, 0.3) is 0 Å². The molecule has 128 valence electrons. The molecular weight excluding hydrogens is 377 g/mol. The Morgan fingerprint density at radius 1 is 1.16 bits per heavy atom. The number of benzene rings is 2. The molecule has 0 saturated carbocycles. The first-order valence-corrected chi connectivity index (χ1v) is 8.64. The largest absolute Gasteiger partial charge is 0.332 e. The first kappa shape index (κ1) is 17.7. The average Bonchev–Trinajstić information content (AvgIpc) is 2.97. The highest BCUT2D eigenvalue weighted by atomic mass is 35.5. The molecule has 2 aromatic carbocycles. The molecule has 2 N–H and O–H groups in total. The molecule has 0 fully saturated rings. The first-order chi connectivity index (χ1) is 12.0. The fourth-order valence-electron chi connectivity index (χ4n) is 2.24. The van der Waals surface area contributed by atoms with Crippen LogP contribution in [0.1, 0.15) is 11.1 Å². The second-order valence-electron chi connectivity index (χ2n) is 5.45. The van der Waals surface area contributed by atoms with Crippen molar-refractivity contribution in [1.29, 1.82) is 0 Å². The number of hydrogen-bond acceptors (Lipinski definition) is 3. The quantitative estimate of drug-likeness (QED) is 0.628. The van der Waals surface area contributed by atoms with Crippen molar-refractivity contribution in [3.63, 3.8) is 0 Å². The van der Waals surface area contributed by atoms with Crippen LogP contribution in [-0.2, 0) is 6.54 Å². The molecule has 3 rings (SSSR count). The Labute approximate surface area is 161 Å². The monoisotopic (exact) mass is 391 g/mol. The van der Waals surface area contributed by atoms with E-state index in [0.29, 0.717) is 27.7 Å². The normalized spacial score (nSPS) is 10.5. The summed E-state index contributed by atoms with van der Waals surface area (Å²) in [6.45, 7) is 2.51. The highest BCUT2D eigenvalue weighted by molar-refractivity contribution is 7.80. The van der Waals surface area contributed by atoms with Crippen LogP contribution in [0.4, 0.5) is 11.6 Å². The average molecular weight is 392 g/mol. The molecular formula is C17H15Cl2N5S. The number of rotatable bonds is 4. The van der Waals surface area contributed by atoms with Crippen LogP contribution in [0.15, 0.2) is 48.8 Å². The van der Waals surface area contributed by atoms with Gasteiger partial charge in [0.05, 0.1) is 6.54 Å². The van der Waals surface area contributed by atoms with E-state index >= 15 is 0 Å². The molecule has 0 unspecified atom stereocenters. The number of nitrogens with one attached hydrogen (secondary N) is 2. The van der Waals surface area contributed by atoms with Gasteiger partial charge in [-0.05, 0) is 54.5 Å². The summed E-state index contributed by atoms with van der Waals surface area (Å²) < 4.78 is 1.67. The molecule has 0 saturated heterocycles. The van der Waals surface area contributed by atoms with Crippen LogP contribution in [-0.4, -0.2) is 19.9 Å². The van der Waals surface area contributed by atoms with Crippen molar-refractivity contribution in [3.05, 3.63) is 70.0 Å². The molecule has 3 aromatic rings. The lowest BCUT2D eigenvalue weighted by molar-refractivity contribution is 0.687. The topological polar surface area (TPSA) is 54.8 Å². The molecule has 0 atom stereocenters. The molecule has 1 aromatic heterocycles. The van der Waals surface area contributed by atoms with Gasteiger partial charge in [-0.2, -0.15) is 0 Å². The van der Waals surface area contributed by atoms with Crippen molar-refractivity contribution in [3.8, 4) is 0 Å². The van der Waals surface area contributed by atoms with Gasteiger partial charge in [-0.1, -0.05) is 41.4 Å². The Hall–Kier alpha value is -2.15. The minimum absolute atomic E-state index is 0.412. The number of thiocarbonyl (C=S) groups is 1. The van der Waals surface area contributed by atoms with Crippen LogP contribution in [0.5, 0.6) is 0 Å². The van der Waals surface area contributed by atoms with Crippen molar-refractivity contribution in [2.24, 2.45) is 0 Å². The molecule has 0 aliphatic carbocycles. The summed E-state index contributed by atoms with van der Waals surface area (Å²) in [4.78, 5) is 4.20. The molecule has 0 spiro atoms. The predicted octanol–water partition coefficient (Wildman–Crippen LogP) is 4.75. The summed E-state index contributed by atoms with van der Waals surface area (Å²) in [6, 6.07) is 13.3. The lowest BCUT2D eigenvalue weighted by Crippen LogP contribution is -2.20. The molecule has 1 heterocycles. The van der Waals surface area contributed by atoms with Gasteiger partial charge in [-0.15, -0.1) is 5.10 Å². The Morgan fingerprint density at radius 2 is 2.00 bits per heavy atom. The summed E-state index contributed by atoms with van der Waals surface area (Å²) in [5.74, 6) is 0.412. The Kier molecular flexibility index (Phi) is 5.53. The van der Waals surface area contributed by atoms with Crippen LogP contribution >= 0.6 is 35.4 Å². The molecule has 8 heteroatoms. The summed E-state index contributed by atoms with van der Waals surface area (Å²) >= 11 is 17.4. The van der Waals surface area contributed by atoms with Gasteiger partial charge in [0, 0.05) is 15.7 Å². The van der Waals surface area contributed by atoms with Crippen LogP contribution in [0.3, 0.4) is 0 Å². The van der Waals surface area contributed by atoms with E-state index in [1.54, 1.807) is 23.1 Å². The molecule has 0 amide bonds. The maximum Gasteiger partial charge on any atom is 0.248 e. The number of nitrogens with zero attached hydrogens (tertiary/aromatic N) is 3. The lowest BCUT2D eigenvalue weighted by Gasteiger charge is -2.08. The van der Waals surface area contributed by atoms with Gasteiger partial charge in [0.25, 0.3) is 0 Å². The summed E-state index contributed by atoms with van der Waals surface area (Å²) in [5, 5.41) is 12.0. The Balaban J connectivity index is 1.62. The van der Waals surface area contributed by atoms with Crippen molar-refractivity contribution < 1.29 is 0 Å². The van der Waals surface area contributed by atoms with E-state index in [4.69, 9.17) is 35.4 Å². The van der Waals surface area contributed by atoms with Crippen molar-refractivity contribution >= 4 is 52.2 Å². The zero-order valence-corrected chi connectivity index (χ0v) is 15.7. The van der Waals surface area contributed by atoms with Crippen LogP contribution in [0, 0.1) is 6.92 Å². The summed E-state index contributed by atoms with van der Waals surface area (Å²) in [7, 11) is 0. The maximum absolute atomic E-state index is 6.18. The molecule has 0 aliphatic heterocycles. The molecule has 25 heavy (non-hydrogen) atoms. The van der Waals surface area contributed by atoms with E-state index in [0.717, 1.165) is 16.8 Å². The fraction of sp³-hybridized carbons (Fsp3) is 0.118. The van der Waals surface area contributed by atoms with Crippen molar-refractivity contribution in [1.82, 2.24) is 14.8 Å². The SMILES string of the molecule is Cc1cccc(NC(=S)Nc2ncn(Cc3ccc(Cl)cc3Cl)n2)c1. The fourth-order valence-corrected chi connectivity index (χ4v) is 2.92. The van der Waals surface area contributed by atoms with Crippen molar-refractivity contribution in [2.75, 3.05) is 10.6 Å². The van der Waals surface area contributed by atoms with E-state index in [1.165, 1.54) is 0 Å². The van der Waals surface area contributed by atoms with Gasteiger partial charge in [0.15, 0.2) is 5.11 Å². The summed E-state index contributed by atoms with van der Waals surface area (Å²) in [6.07, 6.45) is 1.61. The van der Waals surface area contributed by atoms with E-state index in [9.17, 15) is 0 Å². The maximum atomic E-state index is 6.18. The number of anilines is 2. The molecule has 5 nitrogen and oxygen atoms in total. The highest BCUT2D eigenvalue weighted by Crippen LogP contribution is 2.21. The number of aryl methyl sites for hydroxylation is 1. The third-order valence-electron chi connectivity index (χ3n) is 3.39. The van der Waals surface area contributed by atoms with Crippen LogP contribution in [0.2, 0.25) is 10.0 Å². The third-order valence-corrected chi connectivity index (χ3v) is 4.18. The second-order valence-corrected chi connectivity index (χ2v) is 6.70. The zero-order valence-electron chi connectivity index (χ0n) is 13.3. The zero-order chi connectivity index (χ0) is 17.8. The molecule has 0 radical (unpaired) electrons. The van der Waals surface area contributed by atoms with Crippen molar-refractivity contribution in [2.45, 2.75) is 13.5 Å². The minimum Gasteiger partial charge on any atom is -0.332 e. The van der Waals surface area contributed by atoms with Gasteiger partial charge in [-0.3, -0.25) is 5.32 Å². The summed E-state index contributed by atoms with van der Waals surface area (Å²) in [5.41, 5.74) is 2.96. The van der Waals surface area contributed by atoms with Gasteiger partial charge >= 0.3 is 0 Å². The molecule has 0 aliphatic rings. The smallest absolute Gasteiger partial charge is 0.248 e. The Morgan fingerprint density at radius 3 is 2.76 bits per heavy atom. The first-order valence-electron chi connectivity index (χ1n) is 7.47.